The van der Waals surface area contributed by atoms with Crippen molar-refractivity contribution in [2.45, 2.75) is 6.10 Å². The van der Waals surface area contributed by atoms with Crippen LogP contribution in [0.5, 0.6) is 0 Å². The average Bonchev–Trinajstić information content (AvgIpc) is 3.15. The molecule has 2 atom stereocenters. The van der Waals surface area contributed by atoms with Crippen molar-refractivity contribution in [3.05, 3.63) is 40.5 Å². The van der Waals surface area contributed by atoms with Crippen LogP contribution < -0.4 is 10.6 Å². The van der Waals surface area contributed by atoms with Crippen molar-refractivity contribution in [3.63, 3.8) is 0 Å². The largest absolute Gasteiger partial charge is 0.391 e. The van der Waals surface area contributed by atoms with Gasteiger partial charge in [-0.3, -0.25) is 9.89 Å². The molecule has 23 heavy (non-hydrogen) atoms. The Morgan fingerprint density at radius 1 is 1.35 bits per heavy atom. The van der Waals surface area contributed by atoms with E-state index in [1.54, 1.807) is 6.07 Å². The van der Waals surface area contributed by atoms with Crippen LogP contribution in [0, 0.1) is 5.92 Å². The van der Waals surface area contributed by atoms with Crippen molar-refractivity contribution in [1.82, 2.24) is 20.8 Å². The molecule has 1 aromatic carbocycles. The maximum Gasteiger partial charge on any atom is 0.269 e. The highest BCUT2D eigenvalue weighted by Gasteiger charge is 2.25. The van der Waals surface area contributed by atoms with E-state index in [0.29, 0.717) is 25.3 Å². The minimum Gasteiger partial charge on any atom is -0.391 e. The van der Waals surface area contributed by atoms with E-state index in [-0.39, 0.29) is 24.2 Å². The van der Waals surface area contributed by atoms with E-state index in [0.717, 1.165) is 15.7 Å². The fourth-order valence-corrected chi connectivity index (χ4v) is 2.72. The molecule has 124 valence electrons. The minimum absolute atomic E-state index is 0. The van der Waals surface area contributed by atoms with E-state index in [1.165, 1.54) is 0 Å². The SMILES string of the molecule is Cl.O=C(NCC1CNCC1O)c1cc(-c2ccc(Br)cc2)n[nH]1. The van der Waals surface area contributed by atoms with Crippen molar-refractivity contribution < 1.29 is 9.90 Å². The summed E-state index contributed by atoms with van der Waals surface area (Å²) in [5, 5.41) is 22.6. The summed E-state index contributed by atoms with van der Waals surface area (Å²) in [5.74, 6) is -0.159. The molecule has 0 aliphatic carbocycles. The van der Waals surface area contributed by atoms with Crippen LogP contribution in [-0.4, -0.2) is 46.9 Å². The van der Waals surface area contributed by atoms with E-state index in [9.17, 15) is 9.90 Å². The third-order valence-corrected chi connectivity index (χ3v) is 4.32. The number of halogens is 2. The summed E-state index contributed by atoms with van der Waals surface area (Å²) >= 11 is 3.39. The van der Waals surface area contributed by atoms with Gasteiger partial charge in [0.25, 0.3) is 5.91 Å². The molecule has 3 rings (SSSR count). The number of carbonyl (C=O) groups excluding carboxylic acids is 1. The quantitative estimate of drug-likeness (QED) is 0.626. The molecule has 8 heteroatoms. The van der Waals surface area contributed by atoms with Gasteiger partial charge in [-0.2, -0.15) is 5.10 Å². The van der Waals surface area contributed by atoms with Crippen molar-refractivity contribution in [2.75, 3.05) is 19.6 Å². The number of nitrogens with one attached hydrogen (secondary N) is 3. The molecule has 4 N–H and O–H groups in total. The van der Waals surface area contributed by atoms with E-state index < -0.39 is 6.10 Å². The Balaban J connectivity index is 0.00000192. The second kappa shape index (κ2) is 7.92. The average molecular weight is 402 g/mol. The summed E-state index contributed by atoms with van der Waals surface area (Å²) < 4.78 is 0.994. The molecule has 0 bridgehead atoms. The second-order valence-corrected chi connectivity index (χ2v) is 6.29. The summed E-state index contributed by atoms with van der Waals surface area (Å²) in [6.45, 7) is 1.74. The van der Waals surface area contributed by atoms with Crippen LogP contribution in [0.3, 0.4) is 0 Å². The Morgan fingerprint density at radius 3 is 2.74 bits per heavy atom. The maximum atomic E-state index is 12.1. The third-order valence-electron chi connectivity index (χ3n) is 3.79. The van der Waals surface area contributed by atoms with Crippen LogP contribution in [0.4, 0.5) is 0 Å². The Hall–Kier alpha value is -1.41. The fourth-order valence-electron chi connectivity index (χ4n) is 2.45. The van der Waals surface area contributed by atoms with Crippen molar-refractivity contribution in [1.29, 1.82) is 0 Å². The molecule has 2 heterocycles. The molecule has 2 unspecified atom stereocenters. The van der Waals surface area contributed by atoms with E-state index in [4.69, 9.17) is 0 Å². The number of nitrogens with zero attached hydrogens (tertiary/aromatic N) is 1. The lowest BCUT2D eigenvalue weighted by atomic mass is 10.1. The molecule has 6 nitrogen and oxygen atoms in total. The van der Waals surface area contributed by atoms with Crippen LogP contribution in [0.25, 0.3) is 11.3 Å². The number of aromatic amines is 1. The molecule has 1 saturated heterocycles. The van der Waals surface area contributed by atoms with Gasteiger partial charge in [-0.25, -0.2) is 0 Å². The standard InChI is InChI=1S/C15H17BrN4O2.ClH/c16-11-3-1-9(2-4-11)12-5-13(20-19-12)15(22)18-7-10-6-17-8-14(10)21;/h1-5,10,14,17,21H,6-8H2,(H,18,22)(H,19,20);1H. The Morgan fingerprint density at radius 2 is 2.09 bits per heavy atom. The number of benzene rings is 1. The smallest absolute Gasteiger partial charge is 0.269 e. The number of β-amino-alcohol motifs (C(OH)–C–C–N with tert-alkyl or cyclic N) is 1. The van der Waals surface area contributed by atoms with Crippen LogP contribution in [0.2, 0.25) is 0 Å². The lowest BCUT2D eigenvalue weighted by molar-refractivity contribution is 0.0922. The first-order valence-corrected chi connectivity index (χ1v) is 7.91. The highest BCUT2D eigenvalue weighted by Crippen LogP contribution is 2.20. The van der Waals surface area contributed by atoms with Crippen molar-refractivity contribution in [2.24, 2.45) is 5.92 Å². The van der Waals surface area contributed by atoms with Gasteiger partial charge in [0.15, 0.2) is 0 Å². The number of hydrogen-bond donors (Lipinski definition) is 4. The Labute approximate surface area is 148 Å². The molecule has 1 amide bonds. The molecule has 0 spiro atoms. The summed E-state index contributed by atoms with van der Waals surface area (Å²) in [7, 11) is 0. The summed E-state index contributed by atoms with van der Waals surface area (Å²) in [6.07, 6.45) is -0.402. The fraction of sp³-hybridized carbons (Fsp3) is 0.333. The van der Waals surface area contributed by atoms with Gasteiger partial charge in [-0.1, -0.05) is 28.1 Å². The summed E-state index contributed by atoms with van der Waals surface area (Å²) in [4.78, 5) is 12.1. The first-order chi connectivity index (χ1) is 10.6. The maximum absolute atomic E-state index is 12.1. The summed E-state index contributed by atoms with van der Waals surface area (Å²) in [5.41, 5.74) is 2.08. The van der Waals surface area contributed by atoms with Crippen LogP contribution in [0.15, 0.2) is 34.8 Å². The van der Waals surface area contributed by atoms with Crippen molar-refractivity contribution >= 4 is 34.2 Å². The Bertz CT molecular complexity index is 662. The number of amides is 1. The van der Waals surface area contributed by atoms with E-state index in [2.05, 4.69) is 36.8 Å². The van der Waals surface area contributed by atoms with Crippen molar-refractivity contribution in [3.8, 4) is 11.3 Å². The van der Waals surface area contributed by atoms with Gasteiger partial charge in [0.05, 0.1) is 11.8 Å². The van der Waals surface area contributed by atoms with Gasteiger partial charge in [0, 0.05) is 35.6 Å². The molecule has 0 radical (unpaired) electrons. The van der Waals surface area contributed by atoms with Crippen LogP contribution in [-0.2, 0) is 0 Å². The van der Waals surface area contributed by atoms with Gasteiger partial charge in [0.2, 0.25) is 0 Å². The molecule has 2 aromatic rings. The number of H-pyrrole nitrogens is 1. The van der Waals surface area contributed by atoms with Gasteiger partial charge < -0.3 is 15.7 Å². The van der Waals surface area contributed by atoms with Crippen LogP contribution in [0.1, 0.15) is 10.5 Å². The zero-order valence-corrected chi connectivity index (χ0v) is 14.7. The molecule has 1 aliphatic rings. The molecule has 1 aliphatic heterocycles. The lowest BCUT2D eigenvalue weighted by Crippen LogP contribution is -2.34. The van der Waals surface area contributed by atoms with Crippen LogP contribution >= 0.6 is 28.3 Å². The first-order valence-electron chi connectivity index (χ1n) is 7.12. The molecule has 1 fully saturated rings. The van der Waals surface area contributed by atoms with Gasteiger partial charge in [-0.15, -0.1) is 12.4 Å². The number of hydrogen-bond acceptors (Lipinski definition) is 4. The molecule has 1 aromatic heterocycles. The molecule has 0 saturated carbocycles. The number of aromatic nitrogens is 2. The highest BCUT2D eigenvalue weighted by atomic mass is 79.9. The molecular weight excluding hydrogens is 384 g/mol. The zero-order valence-electron chi connectivity index (χ0n) is 12.3. The molecular formula is C15H18BrClN4O2. The summed E-state index contributed by atoms with van der Waals surface area (Å²) in [6, 6.07) is 9.45. The van der Waals surface area contributed by atoms with Gasteiger partial charge in [0.1, 0.15) is 5.69 Å². The number of aliphatic hydroxyl groups is 1. The monoisotopic (exact) mass is 400 g/mol. The van der Waals surface area contributed by atoms with E-state index in [1.807, 2.05) is 24.3 Å². The number of aliphatic hydroxyl groups excluding tert-OH is 1. The predicted octanol–water partition coefficient (Wildman–Crippen LogP) is 1.57. The highest BCUT2D eigenvalue weighted by molar-refractivity contribution is 9.10. The predicted molar refractivity (Wildman–Crippen MR) is 93.7 cm³/mol. The Kier molecular flexibility index (Phi) is 6.17. The lowest BCUT2D eigenvalue weighted by Gasteiger charge is -2.13. The number of carbonyl (C=O) groups is 1. The second-order valence-electron chi connectivity index (χ2n) is 5.37. The number of rotatable bonds is 4. The zero-order chi connectivity index (χ0) is 15.5. The topological polar surface area (TPSA) is 90.0 Å². The van der Waals surface area contributed by atoms with E-state index >= 15 is 0 Å². The normalized spacial score (nSPS) is 20.1. The van der Waals surface area contributed by atoms with Gasteiger partial charge >= 0.3 is 0 Å². The minimum atomic E-state index is -0.402. The third kappa shape index (κ3) is 4.32. The first kappa shape index (κ1) is 17.9. The van der Waals surface area contributed by atoms with Gasteiger partial charge in [-0.05, 0) is 18.2 Å².